The van der Waals surface area contributed by atoms with Gasteiger partial charge in [0.25, 0.3) is 0 Å². The Balaban J connectivity index is 1.65. The molecule has 0 aromatic rings. The van der Waals surface area contributed by atoms with Crippen LogP contribution in [0.1, 0.15) is 64.2 Å². The smallest absolute Gasteiger partial charge is 0.305 e. The topological polar surface area (TPSA) is 61.8 Å². The van der Waals surface area contributed by atoms with Gasteiger partial charge in [-0.05, 0) is 63.7 Å². The van der Waals surface area contributed by atoms with Gasteiger partial charge < -0.3 is 19.0 Å². The summed E-state index contributed by atoms with van der Waals surface area (Å²) in [5.74, 6) is 0.212. The lowest BCUT2D eigenvalue weighted by molar-refractivity contribution is -0.194. The van der Waals surface area contributed by atoms with Crippen LogP contribution < -0.4 is 0 Å². The molecule has 2 rings (SSSR count). The van der Waals surface area contributed by atoms with Crippen molar-refractivity contribution < 1.29 is 23.8 Å². The molecule has 0 aromatic carbocycles. The highest BCUT2D eigenvalue weighted by Gasteiger charge is 2.37. The van der Waals surface area contributed by atoms with Crippen molar-refractivity contribution in [1.82, 2.24) is 0 Å². The third kappa shape index (κ3) is 6.90. The summed E-state index contributed by atoms with van der Waals surface area (Å²) in [6.07, 6.45) is 14.7. The van der Waals surface area contributed by atoms with Crippen LogP contribution in [0, 0.1) is 11.8 Å². The van der Waals surface area contributed by atoms with Gasteiger partial charge in [0.15, 0.2) is 6.29 Å². The molecule has 2 fully saturated rings. The Bertz CT molecular complexity index is 428. The molecule has 4 atom stereocenters. The molecule has 0 amide bonds. The van der Waals surface area contributed by atoms with Crippen molar-refractivity contribution in [2.24, 2.45) is 11.8 Å². The maximum Gasteiger partial charge on any atom is 0.305 e. The minimum atomic E-state index is -0.142. The zero-order chi connectivity index (χ0) is 17.9. The fourth-order valence-corrected chi connectivity index (χ4v) is 3.74. The van der Waals surface area contributed by atoms with Gasteiger partial charge in [0.05, 0.1) is 13.2 Å². The van der Waals surface area contributed by atoms with Crippen molar-refractivity contribution in [2.45, 2.75) is 76.6 Å². The van der Waals surface area contributed by atoms with Gasteiger partial charge >= 0.3 is 5.97 Å². The number of hydrogen-bond donors (Lipinski definition) is 0. The highest BCUT2D eigenvalue weighted by Crippen LogP contribution is 2.36. The molecule has 1 aliphatic carbocycles. The molecule has 0 bridgehead atoms. The van der Waals surface area contributed by atoms with E-state index in [9.17, 15) is 9.59 Å². The number of unbranched alkanes of at least 4 members (excludes halogenated alkanes) is 2. The fourth-order valence-electron chi connectivity index (χ4n) is 3.74. The summed E-state index contributed by atoms with van der Waals surface area (Å²) in [5.41, 5.74) is 0. The van der Waals surface area contributed by atoms with E-state index in [1.807, 2.05) is 0 Å². The van der Waals surface area contributed by atoms with Crippen LogP contribution in [0.25, 0.3) is 0 Å². The van der Waals surface area contributed by atoms with E-state index in [0.29, 0.717) is 12.3 Å². The minimum Gasteiger partial charge on any atom is -0.469 e. The van der Waals surface area contributed by atoms with Crippen LogP contribution >= 0.6 is 0 Å². The van der Waals surface area contributed by atoms with Crippen LogP contribution in [0.4, 0.5) is 0 Å². The molecule has 1 saturated carbocycles. The average molecular weight is 352 g/mol. The molecule has 1 aliphatic heterocycles. The summed E-state index contributed by atoms with van der Waals surface area (Å²) in [7, 11) is 1.42. The lowest BCUT2D eigenvalue weighted by Crippen LogP contribution is -2.31. The Hall–Kier alpha value is -1.20. The normalized spacial score (nSPS) is 29.8. The first-order chi connectivity index (χ1) is 12.2. The van der Waals surface area contributed by atoms with Crippen molar-refractivity contribution in [3.8, 4) is 0 Å². The van der Waals surface area contributed by atoms with Crippen LogP contribution in [-0.4, -0.2) is 38.4 Å². The minimum absolute atomic E-state index is 0.0130. The van der Waals surface area contributed by atoms with Crippen molar-refractivity contribution in [3.63, 3.8) is 0 Å². The molecule has 4 unspecified atom stereocenters. The summed E-state index contributed by atoms with van der Waals surface area (Å²) >= 11 is 0. The number of carbonyl (C=O) groups excluding carboxylic acids is 2. The van der Waals surface area contributed by atoms with Crippen molar-refractivity contribution in [2.75, 3.05) is 13.7 Å². The lowest BCUT2D eigenvalue weighted by atomic mass is 9.93. The van der Waals surface area contributed by atoms with E-state index in [1.165, 1.54) is 7.11 Å². The number of carbonyl (C=O) groups is 2. The van der Waals surface area contributed by atoms with Gasteiger partial charge in [-0.25, -0.2) is 0 Å². The Kier molecular flexibility index (Phi) is 9.19. The van der Waals surface area contributed by atoms with Crippen LogP contribution in [0.3, 0.4) is 0 Å². The highest BCUT2D eigenvalue weighted by atomic mass is 16.7. The number of methoxy groups -OCH3 is 1. The van der Waals surface area contributed by atoms with Gasteiger partial charge in [-0.2, -0.15) is 0 Å². The molecule has 0 N–H and O–H groups in total. The quantitative estimate of drug-likeness (QED) is 0.259. The molecule has 5 nitrogen and oxygen atoms in total. The van der Waals surface area contributed by atoms with Crippen molar-refractivity contribution in [1.29, 1.82) is 0 Å². The predicted molar refractivity (Wildman–Crippen MR) is 95.0 cm³/mol. The average Bonchev–Trinajstić information content (AvgIpc) is 3.03. The summed E-state index contributed by atoms with van der Waals surface area (Å²) in [6.45, 7) is 0.769. The van der Waals surface area contributed by atoms with Gasteiger partial charge in [-0.15, -0.1) is 0 Å². The molecule has 5 heteroatoms. The van der Waals surface area contributed by atoms with Gasteiger partial charge in [0.1, 0.15) is 6.29 Å². The molecule has 25 heavy (non-hydrogen) atoms. The van der Waals surface area contributed by atoms with E-state index < -0.39 is 0 Å². The molecule has 1 saturated heterocycles. The first-order valence-corrected chi connectivity index (χ1v) is 9.68. The molecule has 0 aromatic heterocycles. The summed E-state index contributed by atoms with van der Waals surface area (Å²) in [6, 6.07) is 0. The third-order valence-corrected chi connectivity index (χ3v) is 5.25. The van der Waals surface area contributed by atoms with E-state index in [1.54, 1.807) is 0 Å². The largest absolute Gasteiger partial charge is 0.469 e. The van der Waals surface area contributed by atoms with Crippen LogP contribution in [0.5, 0.6) is 0 Å². The summed E-state index contributed by atoms with van der Waals surface area (Å²) in [5, 5.41) is 0. The second kappa shape index (κ2) is 11.4. The molecule has 1 heterocycles. The van der Waals surface area contributed by atoms with E-state index in [-0.39, 0.29) is 24.3 Å². The Morgan fingerprint density at radius 2 is 2.04 bits per heavy atom. The van der Waals surface area contributed by atoms with Gasteiger partial charge in [0.2, 0.25) is 0 Å². The number of aldehydes is 1. The second-order valence-electron chi connectivity index (χ2n) is 7.05. The van der Waals surface area contributed by atoms with Gasteiger partial charge in [-0.1, -0.05) is 12.2 Å². The molecule has 2 aliphatic rings. The number of allylic oxidation sites excluding steroid dienone is 2. The molecule has 0 radical (unpaired) electrons. The molecular weight excluding hydrogens is 320 g/mol. The van der Waals surface area contributed by atoms with Crippen molar-refractivity contribution >= 4 is 12.3 Å². The first-order valence-electron chi connectivity index (χ1n) is 9.68. The number of esters is 1. The SMILES string of the molecule is COC(=O)CCCCC=CCC1CCC(OC2CCCCO2)C1C=O. The number of rotatable bonds is 10. The van der Waals surface area contributed by atoms with E-state index >= 15 is 0 Å². The van der Waals surface area contributed by atoms with Gasteiger partial charge in [-0.3, -0.25) is 4.79 Å². The maximum absolute atomic E-state index is 11.5. The number of ether oxygens (including phenoxy) is 3. The second-order valence-corrected chi connectivity index (χ2v) is 7.05. The molecule has 142 valence electrons. The Morgan fingerprint density at radius 1 is 1.16 bits per heavy atom. The molecule has 0 spiro atoms. The number of hydrogen-bond acceptors (Lipinski definition) is 5. The standard InChI is InChI=1S/C20H32O5/c1-23-19(22)10-6-4-2-3-5-9-16-12-13-18(17(16)15-21)25-20-11-7-8-14-24-20/h3,5,15-18,20H,2,4,6-14H2,1H3. The monoisotopic (exact) mass is 352 g/mol. The Morgan fingerprint density at radius 3 is 2.76 bits per heavy atom. The molecular formula is C20H32O5. The first kappa shape index (κ1) is 20.1. The highest BCUT2D eigenvalue weighted by molar-refractivity contribution is 5.68. The van der Waals surface area contributed by atoms with E-state index in [2.05, 4.69) is 16.9 Å². The van der Waals surface area contributed by atoms with Gasteiger partial charge in [0, 0.05) is 18.9 Å². The fraction of sp³-hybridized carbons (Fsp3) is 0.800. The predicted octanol–water partition coefficient (Wildman–Crippen LogP) is 3.80. The van der Waals surface area contributed by atoms with E-state index in [0.717, 1.165) is 70.7 Å². The maximum atomic E-state index is 11.5. The van der Waals surface area contributed by atoms with Crippen LogP contribution in [0.15, 0.2) is 12.2 Å². The summed E-state index contributed by atoms with van der Waals surface area (Å²) in [4.78, 5) is 22.6. The zero-order valence-corrected chi connectivity index (χ0v) is 15.4. The zero-order valence-electron chi connectivity index (χ0n) is 15.4. The van der Waals surface area contributed by atoms with Crippen LogP contribution in [0.2, 0.25) is 0 Å². The summed E-state index contributed by atoms with van der Waals surface area (Å²) < 4.78 is 16.3. The van der Waals surface area contributed by atoms with E-state index in [4.69, 9.17) is 9.47 Å². The van der Waals surface area contributed by atoms with Crippen molar-refractivity contribution in [3.05, 3.63) is 12.2 Å². The third-order valence-electron chi connectivity index (χ3n) is 5.25. The lowest BCUT2D eigenvalue weighted by Gasteiger charge is -2.28. The van der Waals surface area contributed by atoms with Crippen LogP contribution in [-0.2, 0) is 23.8 Å². The Labute approximate surface area is 151 Å².